The van der Waals surface area contributed by atoms with E-state index in [4.69, 9.17) is 5.73 Å². The zero-order chi connectivity index (χ0) is 15.0. The van der Waals surface area contributed by atoms with Gasteiger partial charge in [0.25, 0.3) is 0 Å². The number of nitrogen functional groups attached to an aromatic ring is 1. The number of nitrogens with zero attached hydrogens (tertiary/aromatic N) is 4. The molecule has 1 aliphatic rings. The van der Waals surface area contributed by atoms with Crippen molar-refractivity contribution < 1.29 is 0 Å². The van der Waals surface area contributed by atoms with Crippen LogP contribution >= 0.6 is 0 Å². The van der Waals surface area contributed by atoms with Crippen LogP contribution in [0.1, 0.15) is 44.7 Å². The lowest BCUT2D eigenvalue weighted by atomic mass is 9.78. The molecule has 1 saturated carbocycles. The molecule has 0 bridgehead atoms. The Morgan fingerprint density at radius 3 is 2.86 bits per heavy atom. The first-order valence-electron chi connectivity index (χ1n) is 7.72. The molecule has 3 unspecified atom stereocenters. The maximum Gasteiger partial charge on any atom is 0.182 e. The molecule has 1 aromatic carbocycles. The van der Waals surface area contributed by atoms with Crippen molar-refractivity contribution in [3.63, 3.8) is 0 Å². The molecule has 2 aromatic rings. The number of tetrazole rings is 1. The Labute approximate surface area is 125 Å². The van der Waals surface area contributed by atoms with Crippen LogP contribution in [0.3, 0.4) is 0 Å². The number of aromatic nitrogens is 4. The van der Waals surface area contributed by atoms with Gasteiger partial charge in [-0.05, 0) is 53.3 Å². The van der Waals surface area contributed by atoms with Crippen molar-refractivity contribution in [2.75, 3.05) is 5.73 Å². The van der Waals surface area contributed by atoms with Crippen molar-refractivity contribution in [3.8, 4) is 11.4 Å². The Hall–Kier alpha value is -1.91. The van der Waals surface area contributed by atoms with Crippen molar-refractivity contribution in [2.45, 2.75) is 46.1 Å². The third-order valence-electron chi connectivity index (χ3n) is 4.97. The molecule has 112 valence electrons. The quantitative estimate of drug-likeness (QED) is 0.860. The fraction of sp³-hybridized carbons (Fsp3) is 0.562. The fourth-order valence-corrected chi connectivity index (χ4v) is 3.37. The number of nitrogens with two attached hydrogens (primary N) is 1. The van der Waals surface area contributed by atoms with Gasteiger partial charge in [0.15, 0.2) is 5.82 Å². The first-order chi connectivity index (χ1) is 10.1. The van der Waals surface area contributed by atoms with Gasteiger partial charge in [-0.15, -0.1) is 5.10 Å². The Balaban J connectivity index is 2.03. The summed E-state index contributed by atoms with van der Waals surface area (Å²) in [4.78, 5) is 0. The monoisotopic (exact) mass is 285 g/mol. The van der Waals surface area contributed by atoms with Crippen molar-refractivity contribution in [1.82, 2.24) is 20.2 Å². The van der Waals surface area contributed by atoms with Crippen molar-refractivity contribution >= 4 is 5.69 Å². The van der Waals surface area contributed by atoms with Crippen LogP contribution in [0.4, 0.5) is 5.69 Å². The molecule has 0 aliphatic heterocycles. The third kappa shape index (κ3) is 2.52. The maximum absolute atomic E-state index is 5.93. The molecule has 1 aliphatic carbocycles. The van der Waals surface area contributed by atoms with E-state index in [-0.39, 0.29) is 0 Å². The smallest absolute Gasteiger partial charge is 0.182 e. The van der Waals surface area contributed by atoms with E-state index in [9.17, 15) is 0 Å². The Morgan fingerprint density at radius 1 is 1.24 bits per heavy atom. The highest BCUT2D eigenvalue weighted by molar-refractivity contribution is 5.65. The van der Waals surface area contributed by atoms with Gasteiger partial charge in [0.1, 0.15) is 0 Å². The minimum atomic E-state index is 0.375. The summed E-state index contributed by atoms with van der Waals surface area (Å²) in [7, 11) is 0. The van der Waals surface area contributed by atoms with Crippen LogP contribution in [0.25, 0.3) is 11.4 Å². The van der Waals surface area contributed by atoms with Crippen molar-refractivity contribution in [3.05, 3.63) is 23.8 Å². The largest absolute Gasteiger partial charge is 0.399 e. The number of benzene rings is 1. The van der Waals surface area contributed by atoms with Gasteiger partial charge in [0.05, 0.1) is 6.04 Å². The molecule has 21 heavy (non-hydrogen) atoms. The molecule has 0 spiro atoms. The first-order valence-corrected chi connectivity index (χ1v) is 7.72. The molecule has 0 amide bonds. The Kier molecular flexibility index (Phi) is 3.66. The average molecular weight is 285 g/mol. The summed E-state index contributed by atoms with van der Waals surface area (Å²) < 4.78 is 2.02. The molecule has 0 saturated heterocycles. The van der Waals surface area contributed by atoms with Gasteiger partial charge in [0, 0.05) is 11.3 Å². The topological polar surface area (TPSA) is 69.6 Å². The average Bonchev–Trinajstić information content (AvgIpc) is 2.93. The highest BCUT2D eigenvalue weighted by Gasteiger charge is 2.31. The summed E-state index contributed by atoms with van der Waals surface area (Å²) in [6.45, 7) is 6.71. The van der Waals surface area contributed by atoms with E-state index < -0.39 is 0 Å². The number of hydrogen-bond acceptors (Lipinski definition) is 4. The Morgan fingerprint density at radius 2 is 2.05 bits per heavy atom. The maximum atomic E-state index is 5.93. The van der Waals surface area contributed by atoms with E-state index in [1.54, 1.807) is 0 Å². The van der Waals surface area contributed by atoms with Crippen LogP contribution in [0.5, 0.6) is 0 Å². The predicted molar refractivity (Wildman–Crippen MR) is 83.6 cm³/mol. The summed E-state index contributed by atoms with van der Waals surface area (Å²) in [5.74, 6) is 2.14. The fourth-order valence-electron chi connectivity index (χ4n) is 3.37. The number of hydrogen-bond donors (Lipinski definition) is 1. The van der Waals surface area contributed by atoms with Crippen molar-refractivity contribution in [2.24, 2.45) is 11.8 Å². The van der Waals surface area contributed by atoms with Crippen LogP contribution in [0.15, 0.2) is 18.2 Å². The molecule has 1 fully saturated rings. The van der Waals surface area contributed by atoms with Gasteiger partial charge < -0.3 is 5.73 Å². The third-order valence-corrected chi connectivity index (χ3v) is 4.97. The summed E-state index contributed by atoms with van der Waals surface area (Å²) in [5, 5.41) is 12.5. The molecule has 5 heteroatoms. The van der Waals surface area contributed by atoms with Gasteiger partial charge >= 0.3 is 0 Å². The van der Waals surface area contributed by atoms with Gasteiger partial charge in [-0.2, -0.15) is 0 Å². The van der Waals surface area contributed by atoms with E-state index in [2.05, 4.69) is 36.3 Å². The second-order valence-electron chi connectivity index (χ2n) is 6.36. The standard InChI is InChI=1S/C16H23N5/c1-10-5-4-6-15(12(10)3)21-16(18-19-20-21)14-9-13(17)8-7-11(14)2/h7-10,12,15H,4-6,17H2,1-3H3. The van der Waals surface area contributed by atoms with E-state index >= 15 is 0 Å². The van der Waals surface area contributed by atoms with Crippen molar-refractivity contribution in [1.29, 1.82) is 0 Å². The molecule has 3 rings (SSSR count). The molecule has 0 radical (unpaired) electrons. The minimum absolute atomic E-state index is 0.375. The first kappa shape index (κ1) is 14.0. The highest BCUT2D eigenvalue weighted by Crippen LogP contribution is 2.39. The summed E-state index contributed by atoms with van der Waals surface area (Å²) in [6, 6.07) is 6.28. The van der Waals surface area contributed by atoms with Gasteiger partial charge in [-0.3, -0.25) is 0 Å². The zero-order valence-electron chi connectivity index (χ0n) is 13.0. The van der Waals surface area contributed by atoms with Gasteiger partial charge in [0.2, 0.25) is 0 Å². The molecule has 2 N–H and O–H groups in total. The molecular weight excluding hydrogens is 262 g/mol. The molecule has 5 nitrogen and oxygen atoms in total. The van der Waals surface area contributed by atoms with E-state index in [0.29, 0.717) is 17.9 Å². The van der Waals surface area contributed by atoms with E-state index in [1.807, 2.05) is 22.9 Å². The SMILES string of the molecule is Cc1ccc(N)cc1-c1nnnn1C1CCCC(C)C1C. The second kappa shape index (κ2) is 5.47. The number of aryl methyl sites for hydroxylation is 1. The second-order valence-corrected chi connectivity index (χ2v) is 6.36. The van der Waals surface area contributed by atoms with Gasteiger partial charge in [-0.1, -0.05) is 32.8 Å². The molecule has 1 heterocycles. The van der Waals surface area contributed by atoms with Crippen LogP contribution in [-0.4, -0.2) is 20.2 Å². The van der Waals surface area contributed by atoms with Gasteiger partial charge in [-0.25, -0.2) is 4.68 Å². The van der Waals surface area contributed by atoms with Crippen LogP contribution in [-0.2, 0) is 0 Å². The minimum Gasteiger partial charge on any atom is -0.399 e. The summed E-state index contributed by atoms with van der Waals surface area (Å²) in [6.07, 6.45) is 3.68. The van der Waals surface area contributed by atoms with E-state index in [0.717, 1.165) is 29.1 Å². The molecule has 3 atom stereocenters. The summed E-state index contributed by atoms with van der Waals surface area (Å²) in [5.41, 5.74) is 8.86. The normalized spacial score (nSPS) is 26.0. The lowest BCUT2D eigenvalue weighted by Gasteiger charge is -2.34. The molecular formula is C16H23N5. The number of anilines is 1. The Bertz CT molecular complexity index is 633. The van der Waals surface area contributed by atoms with Crippen LogP contribution in [0, 0.1) is 18.8 Å². The number of rotatable bonds is 2. The summed E-state index contributed by atoms with van der Waals surface area (Å²) >= 11 is 0. The predicted octanol–water partition coefficient (Wildman–Crippen LogP) is 3.23. The lowest BCUT2D eigenvalue weighted by Crippen LogP contribution is -2.28. The van der Waals surface area contributed by atoms with Crippen LogP contribution < -0.4 is 5.73 Å². The highest BCUT2D eigenvalue weighted by atomic mass is 15.6. The van der Waals surface area contributed by atoms with Crippen LogP contribution in [0.2, 0.25) is 0 Å². The zero-order valence-corrected chi connectivity index (χ0v) is 13.0. The van der Waals surface area contributed by atoms with E-state index in [1.165, 1.54) is 12.8 Å². The lowest BCUT2D eigenvalue weighted by molar-refractivity contribution is 0.174. The molecule has 1 aromatic heterocycles.